The molecule has 0 amide bonds. The number of halogens is 2. The first-order valence-electron chi connectivity index (χ1n) is 9.59. The van der Waals surface area contributed by atoms with Crippen LogP contribution in [0.1, 0.15) is 63.0 Å². The van der Waals surface area contributed by atoms with Crippen molar-refractivity contribution in [3.05, 3.63) is 70.8 Å². The standard InChI is InChI=1S/C23H26F2O/c1-2-3-15-26-20-12-9-18(10-13-20)23(17-7-5-4-6-8-17)21-16-19(24)11-14-22(21)25/h9-14,16H,2-8,15H2,1H3. The van der Waals surface area contributed by atoms with E-state index in [1.165, 1.54) is 30.2 Å². The van der Waals surface area contributed by atoms with Gasteiger partial charge >= 0.3 is 0 Å². The molecular weight excluding hydrogens is 330 g/mol. The Balaban J connectivity index is 1.97. The number of allylic oxidation sites excluding steroid dienone is 1. The van der Waals surface area contributed by atoms with E-state index in [1.54, 1.807) is 0 Å². The third kappa shape index (κ3) is 4.51. The number of unbranched alkanes of at least 4 members (excludes halogenated alkanes) is 1. The quantitative estimate of drug-likeness (QED) is 0.511. The van der Waals surface area contributed by atoms with Gasteiger partial charge in [-0.2, -0.15) is 0 Å². The van der Waals surface area contributed by atoms with Gasteiger partial charge in [0.15, 0.2) is 0 Å². The summed E-state index contributed by atoms with van der Waals surface area (Å²) in [5.41, 5.74) is 3.36. The Morgan fingerprint density at radius 3 is 2.38 bits per heavy atom. The fraction of sp³-hybridized carbons (Fsp3) is 0.391. The topological polar surface area (TPSA) is 9.23 Å². The molecule has 0 bridgehead atoms. The fourth-order valence-corrected chi connectivity index (χ4v) is 3.52. The average Bonchev–Trinajstić information content (AvgIpc) is 2.67. The molecule has 1 aliphatic carbocycles. The summed E-state index contributed by atoms with van der Waals surface area (Å²) in [6.07, 6.45) is 7.41. The van der Waals surface area contributed by atoms with Crippen molar-refractivity contribution in [3.8, 4) is 5.75 Å². The summed E-state index contributed by atoms with van der Waals surface area (Å²) in [4.78, 5) is 0. The second kappa shape index (κ2) is 8.98. The molecule has 0 N–H and O–H groups in total. The summed E-state index contributed by atoms with van der Waals surface area (Å²) in [6, 6.07) is 11.5. The van der Waals surface area contributed by atoms with Gasteiger partial charge in [-0.15, -0.1) is 0 Å². The molecule has 0 radical (unpaired) electrons. The number of rotatable bonds is 6. The Hall–Kier alpha value is -2.16. The third-order valence-corrected chi connectivity index (χ3v) is 4.92. The molecule has 2 aromatic carbocycles. The first-order chi connectivity index (χ1) is 12.7. The second-order valence-corrected chi connectivity index (χ2v) is 6.89. The molecule has 0 heterocycles. The minimum atomic E-state index is -0.408. The van der Waals surface area contributed by atoms with E-state index in [9.17, 15) is 8.78 Å². The third-order valence-electron chi connectivity index (χ3n) is 4.92. The Morgan fingerprint density at radius 1 is 0.962 bits per heavy atom. The monoisotopic (exact) mass is 356 g/mol. The van der Waals surface area contributed by atoms with E-state index >= 15 is 0 Å². The molecule has 1 saturated carbocycles. The van der Waals surface area contributed by atoms with E-state index in [2.05, 4.69) is 6.92 Å². The normalized spacial score (nSPS) is 14.3. The zero-order valence-corrected chi connectivity index (χ0v) is 15.4. The molecule has 0 aliphatic heterocycles. The summed E-state index contributed by atoms with van der Waals surface area (Å²) in [5.74, 6) is 0.0347. The molecule has 0 unspecified atom stereocenters. The largest absolute Gasteiger partial charge is 0.494 e. The summed E-state index contributed by atoms with van der Waals surface area (Å²) in [7, 11) is 0. The molecule has 3 rings (SSSR count). The maximum atomic E-state index is 14.5. The number of benzene rings is 2. The maximum absolute atomic E-state index is 14.5. The second-order valence-electron chi connectivity index (χ2n) is 6.89. The molecule has 0 spiro atoms. The zero-order valence-electron chi connectivity index (χ0n) is 15.4. The summed E-state index contributed by atoms with van der Waals surface area (Å²) in [5, 5.41) is 0. The van der Waals surface area contributed by atoms with Gasteiger partial charge in [-0.1, -0.05) is 37.5 Å². The van der Waals surface area contributed by atoms with Gasteiger partial charge in [0.2, 0.25) is 0 Å². The maximum Gasteiger partial charge on any atom is 0.131 e. The van der Waals surface area contributed by atoms with Crippen molar-refractivity contribution in [1.29, 1.82) is 0 Å². The lowest BCUT2D eigenvalue weighted by molar-refractivity contribution is 0.309. The van der Waals surface area contributed by atoms with Crippen LogP contribution in [0.5, 0.6) is 5.75 Å². The van der Waals surface area contributed by atoms with Crippen LogP contribution in [-0.2, 0) is 0 Å². The molecule has 3 heteroatoms. The van der Waals surface area contributed by atoms with Crippen molar-refractivity contribution < 1.29 is 13.5 Å². The van der Waals surface area contributed by atoms with Gasteiger partial charge in [0.05, 0.1) is 6.61 Å². The van der Waals surface area contributed by atoms with E-state index < -0.39 is 5.82 Å². The molecule has 0 aromatic heterocycles. The molecule has 1 fully saturated rings. The van der Waals surface area contributed by atoms with Crippen molar-refractivity contribution in [1.82, 2.24) is 0 Å². The molecule has 1 aliphatic rings. The highest BCUT2D eigenvalue weighted by Crippen LogP contribution is 2.36. The van der Waals surface area contributed by atoms with Gasteiger partial charge in [-0.3, -0.25) is 0 Å². The number of hydrogen-bond donors (Lipinski definition) is 0. The van der Waals surface area contributed by atoms with Crippen molar-refractivity contribution in [2.75, 3.05) is 6.61 Å². The minimum absolute atomic E-state index is 0.363. The van der Waals surface area contributed by atoms with Crippen LogP contribution in [0.3, 0.4) is 0 Å². The lowest BCUT2D eigenvalue weighted by Crippen LogP contribution is -2.03. The predicted octanol–water partition coefficient (Wildman–Crippen LogP) is 6.91. The van der Waals surface area contributed by atoms with E-state index in [-0.39, 0.29) is 5.82 Å². The van der Waals surface area contributed by atoms with Gasteiger partial charge in [0.1, 0.15) is 17.4 Å². The van der Waals surface area contributed by atoms with E-state index in [0.717, 1.165) is 55.4 Å². The van der Waals surface area contributed by atoms with Crippen LogP contribution < -0.4 is 4.74 Å². The Morgan fingerprint density at radius 2 is 1.69 bits per heavy atom. The smallest absolute Gasteiger partial charge is 0.131 e. The van der Waals surface area contributed by atoms with Crippen molar-refractivity contribution >= 4 is 5.57 Å². The van der Waals surface area contributed by atoms with Gasteiger partial charge in [-0.25, -0.2) is 8.78 Å². The summed E-state index contributed by atoms with van der Waals surface area (Å²) < 4.78 is 34.1. The van der Waals surface area contributed by atoms with Crippen LogP contribution in [0.2, 0.25) is 0 Å². The number of ether oxygens (including phenoxy) is 1. The SMILES string of the molecule is CCCCOc1ccc(C(=C2CCCCC2)c2cc(F)ccc2F)cc1. The first-order valence-corrected chi connectivity index (χ1v) is 9.59. The van der Waals surface area contributed by atoms with E-state index in [4.69, 9.17) is 4.74 Å². The summed E-state index contributed by atoms with van der Waals surface area (Å²) >= 11 is 0. The van der Waals surface area contributed by atoms with Crippen LogP contribution >= 0.6 is 0 Å². The van der Waals surface area contributed by atoms with Crippen LogP contribution in [0.4, 0.5) is 8.78 Å². The van der Waals surface area contributed by atoms with Crippen LogP contribution in [0.15, 0.2) is 48.0 Å². The molecule has 26 heavy (non-hydrogen) atoms. The average molecular weight is 356 g/mol. The molecule has 0 atom stereocenters. The highest BCUT2D eigenvalue weighted by Gasteiger charge is 2.18. The van der Waals surface area contributed by atoms with E-state index in [1.807, 2.05) is 24.3 Å². The minimum Gasteiger partial charge on any atom is -0.494 e. The van der Waals surface area contributed by atoms with Gasteiger partial charge in [-0.05, 0) is 73.6 Å². The molecular formula is C23H26F2O. The Labute approximate surface area is 154 Å². The van der Waals surface area contributed by atoms with Crippen LogP contribution in [0, 0.1) is 11.6 Å². The van der Waals surface area contributed by atoms with Crippen molar-refractivity contribution in [3.63, 3.8) is 0 Å². The Kier molecular flexibility index (Phi) is 6.43. The van der Waals surface area contributed by atoms with Gasteiger partial charge in [0, 0.05) is 5.56 Å². The molecule has 0 saturated heterocycles. The predicted molar refractivity (Wildman–Crippen MR) is 102 cm³/mol. The van der Waals surface area contributed by atoms with Crippen LogP contribution in [-0.4, -0.2) is 6.61 Å². The lowest BCUT2D eigenvalue weighted by Gasteiger charge is -2.21. The lowest BCUT2D eigenvalue weighted by atomic mass is 9.85. The molecule has 138 valence electrons. The number of hydrogen-bond acceptors (Lipinski definition) is 1. The zero-order chi connectivity index (χ0) is 18.4. The fourth-order valence-electron chi connectivity index (χ4n) is 3.52. The highest BCUT2D eigenvalue weighted by atomic mass is 19.1. The highest BCUT2D eigenvalue weighted by molar-refractivity contribution is 5.82. The van der Waals surface area contributed by atoms with Crippen molar-refractivity contribution in [2.45, 2.75) is 51.9 Å². The van der Waals surface area contributed by atoms with Crippen LogP contribution in [0.25, 0.3) is 5.57 Å². The van der Waals surface area contributed by atoms with E-state index in [0.29, 0.717) is 12.2 Å². The Bertz CT molecular complexity index is 754. The van der Waals surface area contributed by atoms with Crippen molar-refractivity contribution in [2.24, 2.45) is 0 Å². The summed E-state index contributed by atoms with van der Waals surface area (Å²) in [6.45, 7) is 2.82. The van der Waals surface area contributed by atoms with Gasteiger partial charge in [0.25, 0.3) is 0 Å². The molecule has 2 aromatic rings. The first kappa shape index (κ1) is 18.6. The van der Waals surface area contributed by atoms with Gasteiger partial charge < -0.3 is 4.74 Å². The molecule has 1 nitrogen and oxygen atoms in total.